The van der Waals surface area contributed by atoms with Gasteiger partial charge in [0.2, 0.25) is 11.9 Å². The van der Waals surface area contributed by atoms with E-state index in [1.807, 2.05) is 6.08 Å². The van der Waals surface area contributed by atoms with Crippen molar-refractivity contribution in [1.29, 1.82) is 0 Å². The minimum atomic E-state index is -5.17. The first-order chi connectivity index (χ1) is 34.8. The fourth-order valence-corrected chi connectivity index (χ4v) is 11.2. The molecule has 0 saturated carbocycles. The topological polar surface area (TPSA) is 476 Å². The van der Waals surface area contributed by atoms with E-state index in [1.165, 1.54) is 36.0 Å². The number of phosphoric ester groups is 3. The van der Waals surface area contributed by atoms with Gasteiger partial charge in [-0.2, -0.15) is 9.97 Å². The van der Waals surface area contributed by atoms with Gasteiger partial charge < -0.3 is 61.0 Å². The summed E-state index contributed by atoms with van der Waals surface area (Å²) < 4.78 is 98.6. The number of aromatic nitrogens is 10. The van der Waals surface area contributed by atoms with Crippen LogP contribution in [0.25, 0.3) is 27.9 Å². The summed E-state index contributed by atoms with van der Waals surface area (Å²) in [6.07, 6.45) is -4.93. The number of nitrogen functional groups attached to an aromatic ring is 3. The molecule has 6 unspecified atom stereocenters. The largest absolute Gasteiger partial charge is 0.472 e. The predicted octanol–water partition coefficient (Wildman–Crippen LogP) is -0.837. The van der Waals surface area contributed by atoms with Gasteiger partial charge in [0.15, 0.2) is 34.8 Å². The number of allylic oxidation sites excluding steroid dienone is 2. The smallest absolute Gasteiger partial charge is 0.396 e. The van der Waals surface area contributed by atoms with Crippen molar-refractivity contribution in [3.63, 3.8) is 0 Å². The zero-order chi connectivity index (χ0) is 52.4. The Kier molecular flexibility index (Phi) is 16.7. The highest BCUT2D eigenvalue weighted by atomic mass is 31.2. The molecular weight excluding hydrogens is 1040 g/mol. The van der Waals surface area contributed by atoms with Crippen LogP contribution in [0.15, 0.2) is 34.6 Å². The summed E-state index contributed by atoms with van der Waals surface area (Å²) in [5, 5.41) is 19.4. The van der Waals surface area contributed by atoms with Crippen LogP contribution >= 0.6 is 23.5 Å². The van der Waals surface area contributed by atoms with E-state index < -0.39 is 123 Å². The van der Waals surface area contributed by atoms with Crippen LogP contribution in [0.2, 0.25) is 0 Å². The summed E-state index contributed by atoms with van der Waals surface area (Å²) in [6.45, 7) is -3.73. The average Bonchev–Trinajstić information content (AvgIpc) is 4.17. The van der Waals surface area contributed by atoms with Crippen LogP contribution < -0.4 is 28.3 Å². The number of aliphatic hydroxyl groups is 2. The number of hydrogen-bond acceptors (Lipinski definition) is 26. The average molecular weight is 1090 g/mol. The molecule has 0 spiro atoms. The number of H-pyrrole nitrogens is 2. The number of nitrogens with one attached hydrogen (secondary N) is 2. The minimum Gasteiger partial charge on any atom is -0.396 e. The highest BCUT2D eigenvalue weighted by Crippen LogP contribution is 2.52. The van der Waals surface area contributed by atoms with Crippen molar-refractivity contribution in [1.82, 2.24) is 49.0 Å². The molecule has 1 aliphatic carbocycles. The van der Waals surface area contributed by atoms with Gasteiger partial charge in [-0.3, -0.25) is 55.8 Å². The first-order valence-corrected chi connectivity index (χ1v) is 26.5. The SMILES string of the molecule is CO[C@H]1C(OP(=O)(O)OCC(CCC2=CCc3c(N)ncnc32)COP(=O)(O)OC[C@H]2O[C@@H](n3cnc4c(=O)[nH]c(N)nc43)[C@@H](OC)C2OP(=O)(O)OCCCO)[C@@H](CO)O[C@H]1n1cnc2c(=O)[nH]c(N)nc21. The molecule has 3 aliphatic rings. The molecule has 400 valence electrons. The lowest BCUT2D eigenvalue weighted by Gasteiger charge is -2.26. The van der Waals surface area contributed by atoms with Gasteiger partial charge >= 0.3 is 23.5 Å². The molecule has 73 heavy (non-hydrogen) atoms. The Morgan fingerprint density at radius 2 is 1.30 bits per heavy atom. The second-order valence-electron chi connectivity index (χ2n) is 16.5. The molecule has 5 aromatic rings. The van der Waals surface area contributed by atoms with Gasteiger partial charge in [0.05, 0.1) is 51.4 Å². The first kappa shape index (κ1) is 54.3. The molecule has 0 aromatic carbocycles. The number of anilines is 3. The van der Waals surface area contributed by atoms with E-state index in [1.54, 1.807) is 0 Å². The Balaban J connectivity index is 0.980. The number of nitrogens with two attached hydrogens (primary N) is 3. The van der Waals surface area contributed by atoms with E-state index in [4.69, 9.17) is 63.3 Å². The van der Waals surface area contributed by atoms with Crippen LogP contribution in [0.5, 0.6) is 0 Å². The second kappa shape index (κ2) is 22.5. The Labute approximate surface area is 410 Å². The third-order valence-corrected chi connectivity index (χ3v) is 14.8. The highest BCUT2D eigenvalue weighted by molar-refractivity contribution is 7.48. The number of aliphatic hydroxyl groups excluding tert-OH is 2. The third kappa shape index (κ3) is 12.1. The molecule has 2 fully saturated rings. The van der Waals surface area contributed by atoms with E-state index in [-0.39, 0.29) is 65.9 Å². The number of rotatable bonds is 25. The quantitative estimate of drug-likeness (QED) is 0.0252. The number of aromatic amines is 2. The summed E-state index contributed by atoms with van der Waals surface area (Å²) in [4.78, 5) is 87.3. The Morgan fingerprint density at radius 3 is 1.86 bits per heavy atom. The van der Waals surface area contributed by atoms with Crippen LogP contribution in [-0.4, -0.2) is 164 Å². The van der Waals surface area contributed by atoms with E-state index in [0.717, 1.165) is 11.9 Å². The molecule has 2 aliphatic heterocycles. The third-order valence-electron chi connectivity index (χ3n) is 11.8. The lowest BCUT2D eigenvalue weighted by Crippen LogP contribution is -2.37. The molecule has 36 heteroatoms. The van der Waals surface area contributed by atoms with Crippen LogP contribution in [0, 0.1) is 5.92 Å². The number of imidazole rings is 2. The Hall–Kier alpha value is -4.99. The normalized spacial score (nSPS) is 25.9. The number of ether oxygens (including phenoxy) is 4. The van der Waals surface area contributed by atoms with Gasteiger partial charge in [0.1, 0.15) is 48.8 Å². The fraction of sp³-hybridized carbons (Fsp3) is 0.568. The fourth-order valence-electron chi connectivity index (χ4n) is 8.40. The molecule has 12 atom stereocenters. The lowest BCUT2D eigenvalue weighted by molar-refractivity contribution is -0.0587. The second-order valence-corrected chi connectivity index (χ2v) is 20.8. The molecule has 5 aromatic heterocycles. The van der Waals surface area contributed by atoms with Gasteiger partial charge in [-0.1, -0.05) is 6.08 Å². The molecule has 0 bridgehead atoms. The van der Waals surface area contributed by atoms with Crippen molar-refractivity contribution in [2.45, 2.75) is 74.8 Å². The molecular formula is C37H52N13O20P3. The highest BCUT2D eigenvalue weighted by Gasteiger charge is 2.52. The van der Waals surface area contributed by atoms with Gasteiger partial charge in [0, 0.05) is 32.3 Å². The maximum atomic E-state index is 13.8. The van der Waals surface area contributed by atoms with Crippen molar-refractivity contribution >= 4 is 69.1 Å². The van der Waals surface area contributed by atoms with Gasteiger partial charge in [-0.05, 0) is 31.3 Å². The zero-order valence-corrected chi connectivity index (χ0v) is 41.3. The summed E-state index contributed by atoms with van der Waals surface area (Å²) in [5.74, 6) is -1.24. The molecule has 0 radical (unpaired) electrons. The minimum absolute atomic E-state index is 0.0232. The van der Waals surface area contributed by atoms with E-state index in [0.29, 0.717) is 17.7 Å². The molecule has 0 amide bonds. The van der Waals surface area contributed by atoms with E-state index in [2.05, 4.69) is 39.9 Å². The van der Waals surface area contributed by atoms with Gasteiger partial charge in [-0.15, -0.1) is 0 Å². The maximum absolute atomic E-state index is 13.8. The van der Waals surface area contributed by atoms with Crippen LogP contribution in [0.4, 0.5) is 17.7 Å². The summed E-state index contributed by atoms with van der Waals surface area (Å²) in [5.41, 5.74) is 17.8. The van der Waals surface area contributed by atoms with Crippen molar-refractivity contribution in [2.75, 3.05) is 71.1 Å². The number of phosphoric acid groups is 3. The number of fused-ring (bicyclic) bond motifs is 3. The monoisotopic (exact) mass is 1090 g/mol. The van der Waals surface area contributed by atoms with Gasteiger partial charge in [0.25, 0.3) is 11.1 Å². The van der Waals surface area contributed by atoms with Gasteiger partial charge in [-0.25, -0.2) is 33.6 Å². The summed E-state index contributed by atoms with van der Waals surface area (Å²) in [6, 6.07) is 0. The Morgan fingerprint density at radius 1 is 0.753 bits per heavy atom. The van der Waals surface area contributed by atoms with E-state index in [9.17, 15) is 48.2 Å². The molecule has 8 rings (SSSR count). The van der Waals surface area contributed by atoms with Crippen molar-refractivity contribution in [3.8, 4) is 0 Å². The van der Waals surface area contributed by atoms with Crippen molar-refractivity contribution in [2.24, 2.45) is 5.92 Å². The van der Waals surface area contributed by atoms with Crippen molar-refractivity contribution in [3.05, 3.63) is 57.0 Å². The summed E-state index contributed by atoms with van der Waals surface area (Å²) in [7, 11) is -12.9. The number of nitrogens with zero attached hydrogens (tertiary/aromatic N) is 8. The maximum Gasteiger partial charge on any atom is 0.472 e. The number of hydrogen-bond donors (Lipinski definition) is 10. The lowest BCUT2D eigenvalue weighted by atomic mass is 10.00. The van der Waals surface area contributed by atoms with Crippen LogP contribution in [0.1, 0.15) is 43.0 Å². The zero-order valence-electron chi connectivity index (χ0n) is 38.6. The van der Waals surface area contributed by atoms with Crippen LogP contribution in [0.3, 0.4) is 0 Å². The molecule has 33 nitrogen and oxygen atoms in total. The van der Waals surface area contributed by atoms with Crippen LogP contribution in [-0.2, 0) is 66.2 Å². The molecule has 13 N–H and O–H groups in total. The van der Waals surface area contributed by atoms with Crippen molar-refractivity contribution < 1.29 is 84.7 Å². The number of methoxy groups -OCH3 is 2. The first-order valence-electron chi connectivity index (χ1n) is 22.0. The van der Waals surface area contributed by atoms with E-state index >= 15 is 0 Å². The summed E-state index contributed by atoms with van der Waals surface area (Å²) >= 11 is 0. The molecule has 7 heterocycles. The predicted molar refractivity (Wildman–Crippen MR) is 247 cm³/mol. The molecule has 2 saturated heterocycles. The standard InChI is InChI=1S/C37H52N13O20P3/c1-61-27-25(20(10-52)67-34(27)49-15-43-23-30(49)45-36(39)47-32(23)53)69-73(59,60)65-12-17(4-5-18-6-7-19-22(18)41-14-42-29(19)38)11-64-71(55,56)66-13-21-26(70-72(57,58)63-9-3-8-51)28(62-2)35(68-21)50-16-44-24-31(50)46-37(40)48-33(24)54/h6,14-17,20-21,25-28,34-35,51-52H,3-5,7-13H2,1-2H3,(H,55,56)(H,57,58)(H,59,60)(H2,38,41,42)(H3,39,45,47,53)(H3,40,46,48,54)/t17?,20-,21-,25?,26?,27+,28+,34-,35-/m1/s1. The Bertz CT molecular complexity index is 3080.